The monoisotopic (exact) mass is 551 g/mol. The summed E-state index contributed by atoms with van der Waals surface area (Å²) in [6, 6.07) is 21.4. The lowest BCUT2D eigenvalue weighted by Gasteiger charge is -2.33. The molecule has 4 rings (SSSR count). The molecule has 2 amide bonds. The van der Waals surface area contributed by atoms with Crippen molar-refractivity contribution >= 4 is 27.5 Å². The van der Waals surface area contributed by atoms with Crippen molar-refractivity contribution in [2.45, 2.75) is 62.6 Å². The normalized spacial score (nSPS) is 14.5. The van der Waals surface area contributed by atoms with Crippen LogP contribution in [0.25, 0.3) is 0 Å². The smallest absolute Gasteiger partial charge is 0.264 e. The van der Waals surface area contributed by atoms with Gasteiger partial charge in [-0.2, -0.15) is 0 Å². The number of para-hydroxylation sites is 1. The maximum absolute atomic E-state index is 14.0. The molecule has 0 heterocycles. The van der Waals surface area contributed by atoms with Gasteiger partial charge in [0.2, 0.25) is 11.8 Å². The van der Waals surface area contributed by atoms with Gasteiger partial charge in [0.15, 0.2) is 0 Å². The van der Waals surface area contributed by atoms with E-state index in [9.17, 15) is 22.4 Å². The molecule has 1 fully saturated rings. The molecule has 0 radical (unpaired) electrons. The number of carbonyl (C=O) groups is 2. The van der Waals surface area contributed by atoms with Crippen LogP contribution in [0.5, 0.6) is 0 Å². The maximum Gasteiger partial charge on any atom is 0.264 e. The van der Waals surface area contributed by atoms with E-state index in [0.717, 1.165) is 47.7 Å². The van der Waals surface area contributed by atoms with Crippen LogP contribution >= 0.6 is 0 Å². The summed E-state index contributed by atoms with van der Waals surface area (Å²) in [5.74, 6) is -1.31. The summed E-state index contributed by atoms with van der Waals surface area (Å²) in [5, 5.41) is 3.10. The number of halogens is 1. The van der Waals surface area contributed by atoms with E-state index in [1.54, 1.807) is 30.3 Å². The van der Waals surface area contributed by atoms with Crippen LogP contribution in [0.4, 0.5) is 10.1 Å². The van der Waals surface area contributed by atoms with Crippen molar-refractivity contribution in [1.29, 1.82) is 0 Å². The zero-order valence-electron chi connectivity index (χ0n) is 22.0. The fourth-order valence-electron chi connectivity index (χ4n) is 4.92. The Hall–Kier alpha value is -3.72. The SMILES string of the molecule is CCC(C(=O)NC1CCCC1)N(Cc1ccccc1)C(=O)CN(c1ccccc1)S(=O)(=O)c1ccc(F)cc1. The zero-order chi connectivity index (χ0) is 27.8. The number of amides is 2. The summed E-state index contributed by atoms with van der Waals surface area (Å²) in [5.41, 5.74) is 1.11. The van der Waals surface area contributed by atoms with Crippen LogP contribution in [0.15, 0.2) is 89.8 Å². The minimum atomic E-state index is -4.23. The van der Waals surface area contributed by atoms with Gasteiger partial charge in [0, 0.05) is 12.6 Å². The first-order valence-corrected chi connectivity index (χ1v) is 14.7. The molecule has 1 atom stereocenters. The van der Waals surface area contributed by atoms with Crippen LogP contribution in [-0.4, -0.2) is 43.8 Å². The van der Waals surface area contributed by atoms with E-state index in [2.05, 4.69) is 5.32 Å². The van der Waals surface area contributed by atoms with E-state index in [-0.39, 0.29) is 23.4 Å². The molecule has 0 aliphatic heterocycles. The average Bonchev–Trinajstić information content (AvgIpc) is 3.45. The molecule has 39 heavy (non-hydrogen) atoms. The second-order valence-electron chi connectivity index (χ2n) is 9.72. The van der Waals surface area contributed by atoms with Gasteiger partial charge < -0.3 is 10.2 Å². The van der Waals surface area contributed by atoms with E-state index >= 15 is 0 Å². The number of benzene rings is 3. The number of hydrogen-bond acceptors (Lipinski definition) is 4. The van der Waals surface area contributed by atoms with Gasteiger partial charge in [-0.25, -0.2) is 12.8 Å². The van der Waals surface area contributed by atoms with Crippen LogP contribution in [-0.2, 0) is 26.2 Å². The van der Waals surface area contributed by atoms with Crippen molar-refractivity contribution in [2.24, 2.45) is 0 Å². The summed E-state index contributed by atoms with van der Waals surface area (Å²) in [7, 11) is -4.23. The molecule has 0 bridgehead atoms. The fraction of sp³-hybridized carbons (Fsp3) is 0.333. The third-order valence-corrected chi connectivity index (χ3v) is 8.80. The Morgan fingerprint density at radius 1 is 0.923 bits per heavy atom. The van der Waals surface area contributed by atoms with Gasteiger partial charge in [-0.3, -0.25) is 13.9 Å². The highest BCUT2D eigenvalue weighted by atomic mass is 32.2. The van der Waals surface area contributed by atoms with Crippen molar-refractivity contribution in [3.05, 3.63) is 96.3 Å². The van der Waals surface area contributed by atoms with E-state index in [0.29, 0.717) is 12.1 Å². The summed E-state index contributed by atoms with van der Waals surface area (Å²) >= 11 is 0. The molecule has 1 aliphatic rings. The lowest BCUT2D eigenvalue weighted by molar-refractivity contribution is -0.140. The molecule has 1 N–H and O–H groups in total. The number of nitrogens with zero attached hydrogens (tertiary/aromatic N) is 2. The van der Waals surface area contributed by atoms with Crippen molar-refractivity contribution in [3.63, 3.8) is 0 Å². The predicted molar refractivity (Wildman–Crippen MR) is 149 cm³/mol. The largest absolute Gasteiger partial charge is 0.352 e. The number of nitrogens with one attached hydrogen (secondary N) is 1. The second kappa shape index (κ2) is 12.9. The van der Waals surface area contributed by atoms with Crippen LogP contribution in [0, 0.1) is 5.82 Å². The predicted octanol–water partition coefficient (Wildman–Crippen LogP) is 4.89. The highest BCUT2D eigenvalue weighted by Gasteiger charge is 2.34. The third kappa shape index (κ3) is 7.03. The van der Waals surface area contributed by atoms with Crippen molar-refractivity contribution in [1.82, 2.24) is 10.2 Å². The van der Waals surface area contributed by atoms with Gasteiger partial charge in [-0.1, -0.05) is 68.3 Å². The van der Waals surface area contributed by atoms with Gasteiger partial charge in [0.05, 0.1) is 10.6 Å². The van der Waals surface area contributed by atoms with Crippen molar-refractivity contribution < 1.29 is 22.4 Å². The van der Waals surface area contributed by atoms with Crippen LogP contribution in [0.2, 0.25) is 0 Å². The summed E-state index contributed by atoms with van der Waals surface area (Å²) < 4.78 is 42.0. The first-order chi connectivity index (χ1) is 18.8. The standard InChI is InChI=1S/C30H34FN3O4S/c1-2-28(30(36)32-25-13-9-10-14-25)33(21-23-11-5-3-6-12-23)29(35)22-34(26-15-7-4-8-16-26)39(37,38)27-19-17-24(31)18-20-27/h3-8,11-12,15-20,25,28H,2,9-10,13-14,21-22H2,1H3,(H,32,36). The third-order valence-electron chi connectivity index (χ3n) is 7.01. The molecule has 0 aromatic heterocycles. The van der Waals surface area contributed by atoms with E-state index < -0.39 is 34.3 Å². The quantitative estimate of drug-likeness (QED) is 0.368. The maximum atomic E-state index is 14.0. The molecule has 3 aromatic rings. The molecule has 1 unspecified atom stereocenters. The van der Waals surface area contributed by atoms with E-state index in [4.69, 9.17) is 0 Å². The molecule has 0 spiro atoms. The summed E-state index contributed by atoms with van der Waals surface area (Å²) in [6.45, 7) is 1.47. The van der Waals surface area contributed by atoms with Crippen LogP contribution < -0.4 is 9.62 Å². The minimum absolute atomic E-state index is 0.0832. The lowest BCUT2D eigenvalue weighted by Crippen LogP contribution is -2.53. The summed E-state index contributed by atoms with van der Waals surface area (Å²) in [4.78, 5) is 28.7. The van der Waals surface area contributed by atoms with Gasteiger partial charge in [-0.15, -0.1) is 0 Å². The topological polar surface area (TPSA) is 86.8 Å². The lowest BCUT2D eigenvalue weighted by atomic mass is 10.1. The minimum Gasteiger partial charge on any atom is -0.352 e. The van der Waals surface area contributed by atoms with Gasteiger partial charge in [0.1, 0.15) is 18.4 Å². The molecule has 1 saturated carbocycles. The fourth-order valence-corrected chi connectivity index (χ4v) is 6.34. The number of rotatable bonds is 11. The number of hydrogen-bond donors (Lipinski definition) is 1. The summed E-state index contributed by atoms with van der Waals surface area (Å²) in [6.07, 6.45) is 4.30. The molecular weight excluding hydrogens is 517 g/mol. The number of sulfonamides is 1. The molecule has 0 saturated heterocycles. The van der Waals surface area contributed by atoms with Gasteiger partial charge >= 0.3 is 0 Å². The van der Waals surface area contributed by atoms with Crippen molar-refractivity contribution in [3.8, 4) is 0 Å². The van der Waals surface area contributed by atoms with Crippen molar-refractivity contribution in [2.75, 3.05) is 10.8 Å². The molecule has 1 aliphatic carbocycles. The number of carbonyl (C=O) groups excluding carboxylic acids is 2. The number of anilines is 1. The molecule has 9 heteroatoms. The highest BCUT2D eigenvalue weighted by Crippen LogP contribution is 2.25. The Morgan fingerprint density at radius 2 is 1.51 bits per heavy atom. The van der Waals surface area contributed by atoms with Gasteiger partial charge in [-0.05, 0) is 61.2 Å². The Morgan fingerprint density at radius 3 is 2.10 bits per heavy atom. The zero-order valence-corrected chi connectivity index (χ0v) is 22.8. The molecule has 7 nitrogen and oxygen atoms in total. The Bertz CT molecular complexity index is 1350. The average molecular weight is 552 g/mol. The van der Waals surface area contributed by atoms with Crippen LogP contribution in [0.3, 0.4) is 0 Å². The Labute approximate surface area is 229 Å². The molecule has 206 valence electrons. The van der Waals surface area contributed by atoms with E-state index in [1.165, 1.54) is 17.0 Å². The van der Waals surface area contributed by atoms with Gasteiger partial charge in [0.25, 0.3) is 10.0 Å². The Kier molecular flexibility index (Phi) is 9.35. The highest BCUT2D eigenvalue weighted by molar-refractivity contribution is 7.92. The molecular formula is C30H34FN3O4S. The Balaban J connectivity index is 1.68. The first kappa shape index (κ1) is 28.3. The van der Waals surface area contributed by atoms with E-state index in [1.807, 2.05) is 37.3 Å². The van der Waals surface area contributed by atoms with Crippen LogP contribution in [0.1, 0.15) is 44.6 Å². The molecule has 3 aromatic carbocycles. The first-order valence-electron chi connectivity index (χ1n) is 13.3. The second-order valence-corrected chi connectivity index (χ2v) is 11.6.